The molecule has 0 aliphatic heterocycles. The maximum atomic E-state index is 3.68. The summed E-state index contributed by atoms with van der Waals surface area (Å²) < 4.78 is 1.25. The van der Waals surface area contributed by atoms with E-state index in [1.165, 1.54) is 42.1 Å². The summed E-state index contributed by atoms with van der Waals surface area (Å²) in [5, 5.41) is 3.49. The van der Waals surface area contributed by atoms with Crippen molar-refractivity contribution < 1.29 is 0 Å². The summed E-state index contributed by atoms with van der Waals surface area (Å²) in [7, 11) is 0. The Hall–Kier alpha value is -0.340. The van der Waals surface area contributed by atoms with Crippen LogP contribution in [-0.2, 0) is 0 Å². The third-order valence-corrected chi connectivity index (χ3v) is 4.11. The number of likely N-dealkylation sites (N-methyl/N-ethyl adjacent to an activating group) is 1. The highest BCUT2D eigenvalue weighted by Gasteiger charge is 2.13. The first-order valence-corrected chi connectivity index (χ1v) is 8.04. The average molecular weight is 312 g/mol. The van der Waals surface area contributed by atoms with Crippen molar-refractivity contribution >= 4 is 15.9 Å². The highest BCUT2D eigenvalue weighted by Crippen LogP contribution is 2.28. The summed E-state index contributed by atoms with van der Waals surface area (Å²) in [4.78, 5) is 0. The summed E-state index contributed by atoms with van der Waals surface area (Å²) in [5.41, 5.74) is 1.45. The lowest BCUT2D eigenvalue weighted by molar-refractivity contribution is 0.519. The molecule has 0 aromatic heterocycles. The van der Waals surface area contributed by atoms with E-state index < -0.39 is 0 Å². The summed E-state index contributed by atoms with van der Waals surface area (Å²) in [5.74, 6) is 0.636. The van der Waals surface area contributed by atoms with Gasteiger partial charge < -0.3 is 5.32 Å². The Kier molecular flexibility index (Phi) is 8.36. The van der Waals surface area contributed by atoms with E-state index in [9.17, 15) is 0 Å². The second-order valence-corrected chi connectivity index (χ2v) is 5.73. The Morgan fingerprint density at radius 2 is 1.89 bits per heavy atom. The zero-order chi connectivity index (χ0) is 13.2. The molecule has 1 rings (SSSR count). The molecule has 0 radical (unpaired) electrons. The minimum atomic E-state index is 0.636. The maximum absolute atomic E-state index is 3.68. The fourth-order valence-electron chi connectivity index (χ4n) is 2.31. The van der Waals surface area contributed by atoms with Crippen LogP contribution in [0.25, 0.3) is 0 Å². The van der Waals surface area contributed by atoms with Crippen LogP contribution in [0.5, 0.6) is 0 Å². The second kappa shape index (κ2) is 9.57. The Balaban J connectivity index is 2.57. The molecule has 0 aliphatic carbocycles. The van der Waals surface area contributed by atoms with Gasteiger partial charge in [-0.1, -0.05) is 73.7 Å². The number of nitrogens with one attached hydrogen (secondary N) is 1. The molecule has 0 aliphatic rings. The van der Waals surface area contributed by atoms with Gasteiger partial charge in [-0.05, 0) is 30.5 Å². The molecule has 0 amide bonds. The first-order valence-electron chi connectivity index (χ1n) is 7.24. The van der Waals surface area contributed by atoms with Crippen molar-refractivity contribution in [3.63, 3.8) is 0 Å². The molecule has 1 atom stereocenters. The van der Waals surface area contributed by atoms with Crippen LogP contribution >= 0.6 is 15.9 Å². The minimum Gasteiger partial charge on any atom is -0.316 e. The maximum Gasteiger partial charge on any atom is 0.0210 e. The topological polar surface area (TPSA) is 12.0 Å². The van der Waals surface area contributed by atoms with E-state index >= 15 is 0 Å². The monoisotopic (exact) mass is 311 g/mol. The normalized spacial score (nSPS) is 12.6. The zero-order valence-corrected chi connectivity index (χ0v) is 13.3. The van der Waals surface area contributed by atoms with Gasteiger partial charge in [0.25, 0.3) is 0 Å². The molecule has 1 nitrogen and oxygen atoms in total. The Morgan fingerprint density at radius 3 is 2.56 bits per heavy atom. The number of hydrogen-bond acceptors (Lipinski definition) is 1. The van der Waals surface area contributed by atoms with Gasteiger partial charge >= 0.3 is 0 Å². The van der Waals surface area contributed by atoms with Crippen LogP contribution in [0, 0.1) is 0 Å². The van der Waals surface area contributed by atoms with E-state index in [1.807, 2.05) is 0 Å². The van der Waals surface area contributed by atoms with Gasteiger partial charge in [0.15, 0.2) is 0 Å². The first-order chi connectivity index (χ1) is 8.79. The smallest absolute Gasteiger partial charge is 0.0210 e. The summed E-state index contributed by atoms with van der Waals surface area (Å²) in [6, 6.07) is 8.65. The molecular weight excluding hydrogens is 286 g/mol. The summed E-state index contributed by atoms with van der Waals surface area (Å²) in [6.07, 6.45) is 6.67. The number of hydrogen-bond donors (Lipinski definition) is 1. The fourth-order valence-corrected chi connectivity index (χ4v) is 2.92. The van der Waals surface area contributed by atoms with Gasteiger partial charge in [-0.15, -0.1) is 0 Å². The molecule has 2 heteroatoms. The van der Waals surface area contributed by atoms with Gasteiger partial charge in [0, 0.05) is 11.0 Å². The number of benzene rings is 1. The van der Waals surface area contributed by atoms with E-state index in [0.29, 0.717) is 5.92 Å². The minimum absolute atomic E-state index is 0.636. The first kappa shape index (κ1) is 15.7. The number of unbranched alkanes of at least 4 members (excludes halogenated alkanes) is 3. The highest BCUT2D eigenvalue weighted by molar-refractivity contribution is 9.10. The van der Waals surface area contributed by atoms with Crippen molar-refractivity contribution in [2.75, 3.05) is 13.1 Å². The van der Waals surface area contributed by atoms with E-state index in [-0.39, 0.29) is 0 Å². The van der Waals surface area contributed by atoms with Crippen LogP contribution in [0.15, 0.2) is 28.7 Å². The van der Waals surface area contributed by atoms with Crippen molar-refractivity contribution in [2.24, 2.45) is 0 Å². The largest absolute Gasteiger partial charge is 0.316 e. The van der Waals surface area contributed by atoms with Gasteiger partial charge in [-0.25, -0.2) is 0 Å². The third kappa shape index (κ3) is 5.53. The van der Waals surface area contributed by atoms with E-state index in [0.717, 1.165) is 13.1 Å². The Morgan fingerprint density at radius 1 is 1.11 bits per heavy atom. The van der Waals surface area contributed by atoms with Gasteiger partial charge in [0.2, 0.25) is 0 Å². The van der Waals surface area contributed by atoms with Crippen molar-refractivity contribution in [3.05, 3.63) is 34.3 Å². The van der Waals surface area contributed by atoms with Crippen molar-refractivity contribution in [3.8, 4) is 0 Å². The van der Waals surface area contributed by atoms with Crippen LogP contribution in [-0.4, -0.2) is 13.1 Å². The van der Waals surface area contributed by atoms with Gasteiger partial charge in [-0.3, -0.25) is 0 Å². The zero-order valence-electron chi connectivity index (χ0n) is 11.7. The summed E-state index contributed by atoms with van der Waals surface area (Å²) in [6.45, 7) is 6.58. The molecule has 1 aromatic carbocycles. The molecule has 102 valence electrons. The average Bonchev–Trinajstić information content (AvgIpc) is 2.39. The lowest BCUT2D eigenvalue weighted by atomic mass is 9.93. The fraction of sp³-hybridized carbons (Fsp3) is 0.625. The molecule has 0 fully saturated rings. The third-order valence-electron chi connectivity index (χ3n) is 3.39. The van der Waals surface area contributed by atoms with Gasteiger partial charge in [0.1, 0.15) is 0 Å². The quantitative estimate of drug-likeness (QED) is 0.625. The molecule has 0 heterocycles. The molecule has 0 bridgehead atoms. The number of halogens is 1. The molecule has 1 unspecified atom stereocenters. The molecular formula is C16H26BrN. The van der Waals surface area contributed by atoms with Crippen molar-refractivity contribution in [2.45, 2.75) is 51.9 Å². The van der Waals surface area contributed by atoms with Crippen LogP contribution in [0.3, 0.4) is 0 Å². The Labute approximate surface area is 120 Å². The lowest BCUT2D eigenvalue weighted by Crippen LogP contribution is -2.21. The van der Waals surface area contributed by atoms with Gasteiger partial charge in [-0.2, -0.15) is 0 Å². The predicted molar refractivity (Wildman–Crippen MR) is 84.2 cm³/mol. The van der Waals surface area contributed by atoms with Crippen molar-refractivity contribution in [1.29, 1.82) is 0 Å². The van der Waals surface area contributed by atoms with Crippen LogP contribution < -0.4 is 5.32 Å². The predicted octanol–water partition coefficient (Wildman–Crippen LogP) is 5.11. The van der Waals surface area contributed by atoms with Crippen molar-refractivity contribution in [1.82, 2.24) is 5.32 Å². The molecule has 18 heavy (non-hydrogen) atoms. The molecule has 1 aromatic rings. The standard InChI is InChI=1S/C16H26BrN/c1-3-5-6-7-10-14(13-18-4-2)15-11-8-9-12-16(15)17/h8-9,11-12,14,18H,3-7,10,13H2,1-2H3. The molecule has 0 saturated heterocycles. The Bertz CT molecular complexity index is 325. The number of rotatable bonds is 9. The van der Waals surface area contributed by atoms with E-state index in [1.54, 1.807) is 0 Å². The summed E-state index contributed by atoms with van der Waals surface area (Å²) >= 11 is 3.68. The van der Waals surface area contributed by atoms with E-state index in [4.69, 9.17) is 0 Å². The van der Waals surface area contributed by atoms with Crippen LogP contribution in [0.1, 0.15) is 57.4 Å². The SMILES string of the molecule is CCCCCCC(CNCC)c1ccccc1Br. The molecule has 0 spiro atoms. The van der Waals surface area contributed by atoms with E-state index in [2.05, 4.69) is 59.4 Å². The van der Waals surface area contributed by atoms with Crippen LogP contribution in [0.2, 0.25) is 0 Å². The lowest BCUT2D eigenvalue weighted by Gasteiger charge is -2.19. The van der Waals surface area contributed by atoms with Gasteiger partial charge in [0.05, 0.1) is 0 Å². The molecule has 1 N–H and O–H groups in total. The van der Waals surface area contributed by atoms with Crippen LogP contribution in [0.4, 0.5) is 0 Å². The molecule has 0 saturated carbocycles. The second-order valence-electron chi connectivity index (χ2n) is 4.88. The highest BCUT2D eigenvalue weighted by atomic mass is 79.9.